The van der Waals surface area contributed by atoms with E-state index in [4.69, 9.17) is 15.3 Å². The molecular formula is C11H15N5O4. The van der Waals surface area contributed by atoms with E-state index in [1.54, 1.807) is 13.0 Å². The molecular weight excluding hydrogens is 266 g/mol. The van der Waals surface area contributed by atoms with Gasteiger partial charge in [0.15, 0.2) is 6.23 Å². The summed E-state index contributed by atoms with van der Waals surface area (Å²) in [5.74, 6) is 5.03. The van der Waals surface area contributed by atoms with Gasteiger partial charge in [0.05, 0.1) is 12.3 Å². The maximum Gasteiger partial charge on any atom is 0.330 e. The minimum absolute atomic E-state index is 0.248. The minimum atomic E-state index is -0.696. The number of hydrogen-bond acceptors (Lipinski definition) is 6. The maximum absolute atomic E-state index is 11.8. The zero-order valence-corrected chi connectivity index (χ0v) is 11.1. The van der Waals surface area contributed by atoms with Crippen molar-refractivity contribution in [3.05, 3.63) is 44.4 Å². The van der Waals surface area contributed by atoms with Crippen molar-refractivity contribution in [2.45, 2.75) is 19.3 Å². The Hall–Kier alpha value is -2.26. The molecule has 9 heteroatoms. The predicted molar refractivity (Wildman–Crippen MR) is 69.0 cm³/mol. The molecule has 3 N–H and O–H groups in total. The summed E-state index contributed by atoms with van der Waals surface area (Å²) in [6, 6.07) is 0. The van der Waals surface area contributed by atoms with Crippen molar-refractivity contribution in [2.24, 2.45) is 16.2 Å². The normalized spacial score (nSPS) is 22.4. The second-order valence-electron chi connectivity index (χ2n) is 4.26. The van der Waals surface area contributed by atoms with Gasteiger partial charge in [0.1, 0.15) is 6.10 Å². The summed E-state index contributed by atoms with van der Waals surface area (Å²) in [7, 11) is 1.52. The van der Waals surface area contributed by atoms with Crippen molar-refractivity contribution in [3.63, 3.8) is 0 Å². The molecule has 1 aliphatic heterocycles. The van der Waals surface area contributed by atoms with E-state index in [1.807, 2.05) is 0 Å². The van der Waals surface area contributed by atoms with Gasteiger partial charge in [0, 0.05) is 18.9 Å². The van der Waals surface area contributed by atoms with Gasteiger partial charge in [0.2, 0.25) is 0 Å². The summed E-state index contributed by atoms with van der Waals surface area (Å²) in [6.07, 6.45) is 1.85. The maximum atomic E-state index is 11.8. The average molecular weight is 281 g/mol. The summed E-state index contributed by atoms with van der Waals surface area (Å²) in [6.45, 7) is 1.85. The van der Waals surface area contributed by atoms with E-state index in [1.165, 1.54) is 17.9 Å². The topological polar surface area (TPSA) is 124 Å². The molecule has 1 aromatic rings. The van der Waals surface area contributed by atoms with Crippen LogP contribution in [0.5, 0.6) is 0 Å². The van der Waals surface area contributed by atoms with Gasteiger partial charge in [-0.3, -0.25) is 14.3 Å². The number of nitrogens with one attached hydrogen (secondary N) is 1. The van der Waals surface area contributed by atoms with Crippen LogP contribution in [-0.4, -0.2) is 29.4 Å². The van der Waals surface area contributed by atoms with Crippen LogP contribution in [0.15, 0.2) is 37.9 Å². The second kappa shape index (κ2) is 5.80. The number of aromatic amines is 1. The van der Waals surface area contributed by atoms with Crippen LogP contribution in [0.3, 0.4) is 0 Å². The molecule has 0 bridgehead atoms. The third-order valence-electron chi connectivity index (χ3n) is 2.86. The Labute approximate surface area is 113 Å². The Morgan fingerprint density at radius 3 is 2.95 bits per heavy atom. The lowest BCUT2D eigenvalue weighted by atomic mass is 10.3. The average Bonchev–Trinajstić information content (AvgIpc) is 2.78. The number of aromatic nitrogens is 2. The molecule has 0 spiro atoms. The van der Waals surface area contributed by atoms with Crippen LogP contribution >= 0.6 is 0 Å². The van der Waals surface area contributed by atoms with Crippen LogP contribution in [0.4, 0.5) is 0 Å². The van der Waals surface area contributed by atoms with Gasteiger partial charge in [-0.15, -0.1) is 5.11 Å². The summed E-state index contributed by atoms with van der Waals surface area (Å²) in [5, 5.41) is 6.95. The Kier molecular flexibility index (Phi) is 4.11. The molecule has 0 fully saturated rings. The summed E-state index contributed by atoms with van der Waals surface area (Å²) in [5.41, 5.74) is -0.124. The molecule has 2 atom stereocenters. The molecule has 0 aromatic carbocycles. The van der Waals surface area contributed by atoms with Crippen LogP contribution in [-0.2, 0) is 9.47 Å². The van der Waals surface area contributed by atoms with E-state index in [-0.39, 0.29) is 6.61 Å². The first kappa shape index (κ1) is 14.2. The number of ether oxygens (including phenoxy) is 2. The predicted octanol–water partition coefficient (Wildman–Crippen LogP) is -0.401. The molecule has 2 heterocycles. The fourth-order valence-electron chi connectivity index (χ4n) is 1.89. The lowest BCUT2D eigenvalue weighted by Crippen LogP contribution is -2.33. The molecule has 0 saturated heterocycles. The molecule has 0 amide bonds. The van der Waals surface area contributed by atoms with Gasteiger partial charge in [-0.05, 0) is 13.0 Å². The highest BCUT2D eigenvalue weighted by molar-refractivity contribution is 5.14. The third-order valence-corrected chi connectivity index (χ3v) is 2.86. The van der Waals surface area contributed by atoms with E-state index in [0.717, 1.165) is 0 Å². The van der Waals surface area contributed by atoms with Crippen molar-refractivity contribution in [2.75, 3.05) is 13.7 Å². The van der Waals surface area contributed by atoms with Crippen molar-refractivity contribution in [1.29, 1.82) is 0 Å². The quantitative estimate of drug-likeness (QED) is 0.441. The molecule has 1 aromatic heterocycles. The second-order valence-corrected chi connectivity index (χ2v) is 4.26. The molecule has 0 aliphatic carbocycles. The molecule has 1 aliphatic rings. The Bertz CT molecular complexity index is 660. The third kappa shape index (κ3) is 2.68. The molecule has 1 unspecified atom stereocenters. The van der Waals surface area contributed by atoms with Crippen LogP contribution in [0.25, 0.3) is 0 Å². The fourth-order valence-corrected chi connectivity index (χ4v) is 1.89. The highest BCUT2D eigenvalue weighted by atomic mass is 16.5. The highest BCUT2D eigenvalue weighted by Crippen LogP contribution is 2.27. The van der Waals surface area contributed by atoms with Gasteiger partial charge in [0.25, 0.3) is 5.56 Å². The van der Waals surface area contributed by atoms with Gasteiger partial charge in [-0.25, -0.2) is 4.79 Å². The molecule has 20 heavy (non-hydrogen) atoms. The smallest absolute Gasteiger partial charge is 0.330 e. The van der Waals surface area contributed by atoms with Crippen molar-refractivity contribution >= 4 is 0 Å². The van der Waals surface area contributed by atoms with Gasteiger partial charge < -0.3 is 15.3 Å². The summed E-state index contributed by atoms with van der Waals surface area (Å²) in [4.78, 5) is 25.4. The lowest BCUT2D eigenvalue weighted by molar-refractivity contribution is -0.0243. The van der Waals surface area contributed by atoms with Crippen LogP contribution in [0.1, 0.15) is 11.8 Å². The number of hydrogen-bond donors (Lipinski definition) is 2. The first-order chi connectivity index (χ1) is 9.56. The van der Waals surface area contributed by atoms with Crippen LogP contribution in [0.2, 0.25) is 0 Å². The molecule has 9 nitrogen and oxygen atoms in total. The van der Waals surface area contributed by atoms with Crippen LogP contribution in [0, 0.1) is 6.92 Å². The molecule has 2 rings (SSSR count). The van der Waals surface area contributed by atoms with Gasteiger partial charge >= 0.3 is 5.69 Å². The number of nitrogens with two attached hydrogens (primary N) is 1. The summed E-state index contributed by atoms with van der Waals surface area (Å²) < 4.78 is 11.9. The van der Waals surface area contributed by atoms with Crippen molar-refractivity contribution in [3.8, 4) is 0 Å². The zero-order chi connectivity index (χ0) is 14.7. The van der Waals surface area contributed by atoms with E-state index < -0.39 is 23.6 Å². The minimum Gasteiger partial charge on any atom is -0.382 e. The van der Waals surface area contributed by atoms with Crippen molar-refractivity contribution in [1.82, 2.24) is 9.55 Å². The lowest BCUT2D eigenvalue weighted by Gasteiger charge is -2.16. The first-order valence-electron chi connectivity index (χ1n) is 5.86. The number of nitrogens with zero attached hydrogens (tertiary/aromatic N) is 3. The van der Waals surface area contributed by atoms with E-state index in [0.29, 0.717) is 11.3 Å². The molecule has 108 valence electrons. The van der Waals surface area contributed by atoms with Crippen LogP contribution < -0.4 is 17.1 Å². The Morgan fingerprint density at radius 1 is 1.55 bits per heavy atom. The first-order valence-corrected chi connectivity index (χ1v) is 5.86. The number of H-pyrrole nitrogens is 1. The number of aryl methyl sites for hydroxylation is 1. The Morgan fingerprint density at radius 2 is 2.30 bits per heavy atom. The standard InChI is InChI=1S/C11H15N5O4/c1-6-4-16(11(18)13-10(6)17)9-3-7(14-15-12)8(20-9)5-19-2/h3-4,8-9H,5H2,1-2H3,(H2,12,14)(H,13,17,18)/t8-,9?/m1/s1. The largest absolute Gasteiger partial charge is 0.382 e. The summed E-state index contributed by atoms with van der Waals surface area (Å²) >= 11 is 0. The fraction of sp³-hybridized carbons (Fsp3) is 0.455. The van der Waals surface area contributed by atoms with Gasteiger partial charge in [-0.1, -0.05) is 5.22 Å². The highest BCUT2D eigenvalue weighted by Gasteiger charge is 2.29. The van der Waals surface area contributed by atoms with Crippen molar-refractivity contribution < 1.29 is 9.47 Å². The SMILES string of the molecule is COC[C@H]1OC(n2cc(C)c(=O)[nH]c2=O)C=C1N=NN. The molecule has 0 radical (unpaired) electrons. The van der Waals surface area contributed by atoms with Gasteiger partial charge in [-0.2, -0.15) is 0 Å². The van der Waals surface area contributed by atoms with E-state index in [2.05, 4.69) is 15.3 Å². The number of rotatable bonds is 4. The van der Waals surface area contributed by atoms with E-state index in [9.17, 15) is 9.59 Å². The number of methoxy groups -OCH3 is 1. The Balaban J connectivity index is 2.38. The van der Waals surface area contributed by atoms with E-state index >= 15 is 0 Å². The monoisotopic (exact) mass is 281 g/mol. The molecule has 0 saturated carbocycles. The zero-order valence-electron chi connectivity index (χ0n) is 11.1.